The molecular formula is C18H25ClN2O. The van der Waals surface area contributed by atoms with E-state index in [-0.39, 0.29) is 16.7 Å². The Morgan fingerprint density at radius 3 is 2.64 bits per heavy atom. The average molecular weight is 321 g/mol. The molecule has 2 aliphatic rings. The monoisotopic (exact) mass is 320 g/mol. The van der Waals surface area contributed by atoms with Crippen LogP contribution in [0.5, 0.6) is 0 Å². The van der Waals surface area contributed by atoms with Gasteiger partial charge in [-0.1, -0.05) is 32.4 Å². The molecule has 22 heavy (non-hydrogen) atoms. The van der Waals surface area contributed by atoms with Crippen LogP contribution < -0.4 is 10.2 Å². The molecule has 0 aromatic heterocycles. The minimum absolute atomic E-state index is 0.00749. The molecule has 0 saturated carbocycles. The molecule has 1 aromatic rings. The van der Waals surface area contributed by atoms with Crippen molar-refractivity contribution < 1.29 is 4.79 Å². The van der Waals surface area contributed by atoms with Gasteiger partial charge in [0.2, 0.25) is 5.91 Å². The zero-order chi connectivity index (χ0) is 16.0. The quantitative estimate of drug-likeness (QED) is 0.855. The van der Waals surface area contributed by atoms with Crippen LogP contribution in [-0.2, 0) is 10.2 Å². The van der Waals surface area contributed by atoms with Crippen molar-refractivity contribution in [2.24, 2.45) is 5.41 Å². The van der Waals surface area contributed by atoms with Gasteiger partial charge in [0, 0.05) is 29.1 Å². The van der Waals surface area contributed by atoms with Crippen LogP contribution in [0.3, 0.4) is 0 Å². The number of piperidine rings is 1. The summed E-state index contributed by atoms with van der Waals surface area (Å²) in [4.78, 5) is 14.8. The van der Waals surface area contributed by atoms with Crippen molar-refractivity contribution in [3.05, 3.63) is 28.8 Å². The second kappa shape index (κ2) is 5.54. The standard InChI is InChI=1S/C18H25ClN2O/c1-17(2,3)11-16(22)21-12-18(6-8-20-9-7-18)14-10-13(19)4-5-15(14)21/h4-5,10,20H,6-9,11-12H2,1-3H3. The molecular weight excluding hydrogens is 296 g/mol. The van der Waals surface area contributed by atoms with Crippen molar-refractivity contribution in [3.63, 3.8) is 0 Å². The van der Waals surface area contributed by atoms with Crippen LogP contribution in [0.15, 0.2) is 18.2 Å². The van der Waals surface area contributed by atoms with Crippen LogP contribution in [0.1, 0.15) is 45.6 Å². The summed E-state index contributed by atoms with van der Waals surface area (Å²) < 4.78 is 0. The van der Waals surface area contributed by atoms with Gasteiger partial charge in [-0.15, -0.1) is 0 Å². The van der Waals surface area contributed by atoms with E-state index in [9.17, 15) is 4.79 Å². The second-order valence-electron chi connectivity index (χ2n) is 7.91. The molecule has 3 rings (SSSR count). The third-order valence-electron chi connectivity index (χ3n) is 4.82. The van der Waals surface area contributed by atoms with Crippen LogP contribution in [0.4, 0.5) is 5.69 Å². The number of benzene rings is 1. The highest BCUT2D eigenvalue weighted by molar-refractivity contribution is 6.30. The van der Waals surface area contributed by atoms with E-state index in [0.29, 0.717) is 6.42 Å². The van der Waals surface area contributed by atoms with Crippen molar-refractivity contribution in [2.75, 3.05) is 24.5 Å². The Labute approximate surface area is 138 Å². The fourth-order valence-corrected chi connectivity index (χ4v) is 3.92. The summed E-state index contributed by atoms with van der Waals surface area (Å²) >= 11 is 6.24. The first-order valence-electron chi connectivity index (χ1n) is 8.12. The van der Waals surface area contributed by atoms with Crippen LogP contribution in [0.2, 0.25) is 5.02 Å². The average Bonchev–Trinajstić information content (AvgIpc) is 2.72. The van der Waals surface area contributed by atoms with Crippen molar-refractivity contribution in [1.29, 1.82) is 0 Å². The van der Waals surface area contributed by atoms with Crippen LogP contribution >= 0.6 is 11.6 Å². The van der Waals surface area contributed by atoms with Gasteiger partial charge in [0.1, 0.15) is 0 Å². The Hall–Kier alpha value is -1.06. The fraction of sp³-hybridized carbons (Fsp3) is 0.611. The van der Waals surface area contributed by atoms with Gasteiger partial charge >= 0.3 is 0 Å². The normalized spacial score (nSPS) is 20.3. The zero-order valence-electron chi connectivity index (χ0n) is 13.7. The summed E-state index contributed by atoms with van der Waals surface area (Å²) in [6, 6.07) is 6.00. The lowest BCUT2D eigenvalue weighted by Gasteiger charge is -2.35. The number of carbonyl (C=O) groups is 1. The summed E-state index contributed by atoms with van der Waals surface area (Å²) in [5, 5.41) is 4.19. The number of nitrogens with one attached hydrogen (secondary N) is 1. The van der Waals surface area contributed by atoms with Crippen molar-refractivity contribution in [2.45, 2.75) is 45.4 Å². The van der Waals surface area contributed by atoms with Crippen LogP contribution in [-0.4, -0.2) is 25.5 Å². The third kappa shape index (κ3) is 2.89. The first-order valence-corrected chi connectivity index (χ1v) is 8.50. The summed E-state index contributed by atoms with van der Waals surface area (Å²) in [6.07, 6.45) is 2.71. The van der Waals surface area contributed by atoms with Gasteiger partial charge in [-0.25, -0.2) is 0 Å². The van der Waals surface area contributed by atoms with E-state index < -0.39 is 0 Å². The minimum Gasteiger partial charge on any atom is -0.317 e. The maximum atomic E-state index is 12.8. The molecule has 0 radical (unpaired) electrons. The molecule has 1 saturated heterocycles. The Morgan fingerprint density at radius 2 is 2.00 bits per heavy atom. The van der Waals surface area contributed by atoms with Gasteiger partial charge in [-0.2, -0.15) is 0 Å². The van der Waals surface area contributed by atoms with E-state index >= 15 is 0 Å². The van der Waals surface area contributed by atoms with E-state index in [0.717, 1.165) is 43.2 Å². The van der Waals surface area contributed by atoms with Gasteiger partial charge < -0.3 is 10.2 Å². The van der Waals surface area contributed by atoms with Crippen molar-refractivity contribution in [1.82, 2.24) is 5.32 Å². The lowest BCUT2D eigenvalue weighted by atomic mass is 9.75. The number of fused-ring (bicyclic) bond motifs is 2. The third-order valence-corrected chi connectivity index (χ3v) is 5.06. The fourth-order valence-electron chi connectivity index (χ4n) is 3.75. The van der Waals surface area contributed by atoms with Gasteiger partial charge in [-0.3, -0.25) is 4.79 Å². The number of rotatable bonds is 1. The molecule has 120 valence electrons. The van der Waals surface area contributed by atoms with Gasteiger partial charge in [-0.05, 0) is 55.1 Å². The number of hydrogen-bond acceptors (Lipinski definition) is 2. The smallest absolute Gasteiger partial charge is 0.227 e. The molecule has 1 N–H and O–H groups in total. The molecule has 1 amide bonds. The maximum Gasteiger partial charge on any atom is 0.227 e. The summed E-state index contributed by atoms with van der Waals surface area (Å²) in [7, 11) is 0. The Morgan fingerprint density at radius 1 is 1.32 bits per heavy atom. The topological polar surface area (TPSA) is 32.3 Å². The Kier molecular flexibility index (Phi) is 3.98. The molecule has 4 heteroatoms. The highest BCUT2D eigenvalue weighted by Crippen LogP contribution is 2.47. The molecule has 0 aliphatic carbocycles. The number of hydrogen-bond donors (Lipinski definition) is 1. The second-order valence-corrected chi connectivity index (χ2v) is 8.35. The van der Waals surface area contributed by atoms with Gasteiger partial charge in [0.15, 0.2) is 0 Å². The summed E-state index contributed by atoms with van der Waals surface area (Å²) in [5.74, 6) is 0.228. The molecule has 0 unspecified atom stereocenters. The molecule has 2 heterocycles. The highest BCUT2D eigenvalue weighted by Gasteiger charge is 2.45. The predicted octanol–water partition coefficient (Wildman–Crippen LogP) is 3.74. The van der Waals surface area contributed by atoms with Crippen molar-refractivity contribution >= 4 is 23.2 Å². The van der Waals surface area contributed by atoms with Gasteiger partial charge in [0.05, 0.1) is 0 Å². The Bertz CT molecular complexity index is 585. The molecule has 1 spiro atoms. The number of carbonyl (C=O) groups excluding carboxylic acids is 1. The van der Waals surface area contributed by atoms with E-state index in [1.807, 2.05) is 17.0 Å². The SMILES string of the molecule is CC(C)(C)CC(=O)N1CC2(CCNCC2)c2cc(Cl)ccc21. The van der Waals surface area contributed by atoms with E-state index in [1.165, 1.54) is 5.56 Å². The molecule has 1 aromatic carbocycles. The predicted molar refractivity (Wildman–Crippen MR) is 91.7 cm³/mol. The molecule has 3 nitrogen and oxygen atoms in total. The minimum atomic E-state index is 0.00749. The summed E-state index contributed by atoms with van der Waals surface area (Å²) in [6.45, 7) is 9.16. The lowest BCUT2D eigenvalue weighted by molar-refractivity contribution is -0.120. The maximum absolute atomic E-state index is 12.8. The zero-order valence-corrected chi connectivity index (χ0v) is 14.5. The first-order chi connectivity index (χ1) is 10.3. The van der Waals surface area contributed by atoms with E-state index in [4.69, 9.17) is 11.6 Å². The van der Waals surface area contributed by atoms with Crippen LogP contribution in [0.25, 0.3) is 0 Å². The largest absolute Gasteiger partial charge is 0.317 e. The van der Waals surface area contributed by atoms with Crippen LogP contribution in [0, 0.1) is 5.41 Å². The lowest BCUT2D eigenvalue weighted by Crippen LogP contribution is -2.44. The molecule has 0 bridgehead atoms. The Balaban J connectivity index is 1.97. The van der Waals surface area contributed by atoms with Gasteiger partial charge in [0.25, 0.3) is 0 Å². The number of nitrogens with zero attached hydrogens (tertiary/aromatic N) is 1. The number of amides is 1. The van der Waals surface area contributed by atoms with Crippen molar-refractivity contribution in [3.8, 4) is 0 Å². The highest BCUT2D eigenvalue weighted by atomic mass is 35.5. The molecule has 2 aliphatic heterocycles. The van der Waals surface area contributed by atoms with E-state index in [1.54, 1.807) is 0 Å². The summed E-state index contributed by atoms with van der Waals surface area (Å²) in [5.41, 5.74) is 2.43. The number of halogens is 1. The molecule has 1 fully saturated rings. The first kappa shape index (κ1) is 15.8. The molecule has 0 atom stereocenters. The number of anilines is 1. The van der Waals surface area contributed by atoms with E-state index in [2.05, 4.69) is 32.2 Å².